The zero-order valence-corrected chi connectivity index (χ0v) is 41.4. The van der Waals surface area contributed by atoms with Crippen molar-refractivity contribution in [1.29, 1.82) is 0 Å². The average molecular weight is 893 g/mol. The molecular formula is C53H97O8P. The van der Waals surface area contributed by atoms with Gasteiger partial charge in [-0.05, 0) is 84.0 Å². The first kappa shape index (κ1) is 60.0. The Morgan fingerprint density at radius 1 is 0.435 bits per heavy atom. The Labute approximate surface area is 382 Å². The van der Waals surface area contributed by atoms with Gasteiger partial charge in [0.1, 0.15) is 6.61 Å². The molecular weight excluding hydrogens is 796 g/mol. The first-order chi connectivity index (χ1) is 30.3. The van der Waals surface area contributed by atoms with Crippen LogP contribution in [0.1, 0.15) is 252 Å². The van der Waals surface area contributed by atoms with E-state index in [1.54, 1.807) is 6.92 Å². The second-order valence-electron chi connectivity index (χ2n) is 17.2. The standard InChI is InChI=1S/C53H97O8P/c1-4-7-9-11-13-15-17-19-21-23-25-26-27-28-30-31-33-35-37-39-41-43-45-47-52(54)58-49-51(50-60-62(56,57)59-6-3)61-53(55)48-46-44-42-40-38-36-34-32-29-24-22-20-18-16-14-12-10-8-5-2/h14,16,20,22-23,25,29,32,51H,4-13,15,17-19,21,24,26-28,30-31,33-50H2,1-3H3,(H,56,57)/b16-14-,22-20-,25-23-,32-29-. The van der Waals surface area contributed by atoms with Gasteiger partial charge in [-0.3, -0.25) is 18.6 Å². The van der Waals surface area contributed by atoms with Gasteiger partial charge < -0.3 is 14.4 Å². The Bertz CT molecular complexity index is 1150. The molecule has 9 heteroatoms. The van der Waals surface area contributed by atoms with Crippen molar-refractivity contribution in [1.82, 2.24) is 0 Å². The van der Waals surface area contributed by atoms with Crippen LogP contribution in [-0.4, -0.2) is 42.8 Å². The highest BCUT2D eigenvalue weighted by Crippen LogP contribution is 2.43. The van der Waals surface area contributed by atoms with Crippen LogP contribution in [0, 0.1) is 0 Å². The van der Waals surface area contributed by atoms with E-state index in [2.05, 4.69) is 62.5 Å². The molecule has 0 aliphatic carbocycles. The molecule has 8 nitrogen and oxygen atoms in total. The molecule has 62 heavy (non-hydrogen) atoms. The van der Waals surface area contributed by atoms with Crippen molar-refractivity contribution in [2.75, 3.05) is 19.8 Å². The van der Waals surface area contributed by atoms with Crippen molar-refractivity contribution in [3.63, 3.8) is 0 Å². The number of carbonyl (C=O) groups is 2. The molecule has 0 aromatic carbocycles. The lowest BCUT2D eigenvalue weighted by Crippen LogP contribution is -2.29. The molecule has 0 rings (SSSR count). The third-order valence-electron chi connectivity index (χ3n) is 11.1. The van der Waals surface area contributed by atoms with Gasteiger partial charge in [-0.25, -0.2) is 4.57 Å². The summed E-state index contributed by atoms with van der Waals surface area (Å²) in [6.45, 7) is 5.47. The molecule has 0 aromatic rings. The first-order valence-corrected chi connectivity index (χ1v) is 27.4. The van der Waals surface area contributed by atoms with Gasteiger partial charge in [0.15, 0.2) is 6.10 Å². The topological polar surface area (TPSA) is 108 Å². The molecule has 2 unspecified atom stereocenters. The molecule has 0 heterocycles. The second kappa shape index (κ2) is 48.5. The van der Waals surface area contributed by atoms with Crippen LogP contribution in [0.15, 0.2) is 48.6 Å². The fourth-order valence-electron chi connectivity index (χ4n) is 7.28. The van der Waals surface area contributed by atoms with Crippen molar-refractivity contribution in [3.05, 3.63) is 48.6 Å². The van der Waals surface area contributed by atoms with E-state index in [4.69, 9.17) is 18.5 Å². The predicted octanol–water partition coefficient (Wildman–Crippen LogP) is 16.9. The van der Waals surface area contributed by atoms with Gasteiger partial charge in [-0.15, -0.1) is 0 Å². The van der Waals surface area contributed by atoms with E-state index in [9.17, 15) is 19.0 Å². The summed E-state index contributed by atoms with van der Waals surface area (Å²) in [5.74, 6) is -0.806. The molecule has 2 atom stereocenters. The number of hydrogen-bond donors (Lipinski definition) is 1. The minimum Gasteiger partial charge on any atom is -0.462 e. The third-order valence-corrected chi connectivity index (χ3v) is 12.2. The van der Waals surface area contributed by atoms with Crippen LogP contribution in [0.3, 0.4) is 0 Å². The van der Waals surface area contributed by atoms with Crippen molar-refractivity contribution in [2.24, 2.45) is 0 Å². The number of rotatable bonds is 48. The van der Waals surface area contributed by atoms with E-state index in [1.165, 1.54) is 141 Å². The van der Waals surface area contributed by atoms with Crippen molar-refractivity contribution in [2.45, 2.75) is 258 Å². The number of phosphoric ester groups is 1. The monoisotopic (exact) mass is 893 g/mol. The number of hydrogen-bond acceptors (Lipinski definition) is 7. The minimum absolute atomic E-state index is 0.00315. The highest BCUT2D eigenvalue weighted by molar-refractivity contribution is 7.47. The van der Waals surface area contributed by atoms with Crippen molar-refractivity contribution < 1.29 is 37.6 Å². The van der Waals surface area contributed by atoms with Gasteiger partial charge in [-0.2, -0.15) is 0 Å². The van der Waals surface area contributed by atoms with Gasteiger partial charge in [0.2, 0.25) is 0 Å². The van der Waals surface area contributed by atoms with Gasteiger partial charge in [0, 0.05) is 12.8 Å². The molecule has 0 fully saturated rings. The van der Waals surface area contributed by atoms with E-state index in [-0.39, 0.29) is 25.6 Å². The highest BCUT2D eigenvalue weighted by Gasteiger charge is 2.25. The zero-order valence-electron chi connectivity index (χ0n) is 40.5. The molecule has 0 bridgehead atoms. The summed E-state index contributed by atoms with van der Waals surface area (Å²) in [4.78, 5) is 34.9. The van der Waals surface area contributed by atoms with Gasteiger partial charge in [0.05, 0.1) is 13.2 Å². The van der Waals surface area contributed by atoms with Crippen LogP contribution in [0.2, 0.25) is 0 Å². The Balaban J connectivity index is 3.98. The summed E-state index contributed by atoms with van der Waals surface area (Å²) < 4.78 is 32.8. The number of phosphoric acid groups is 1. The maximum atomic E-state index is 12.6. The molecule has 1 N–H and O–H groups in total. The minimum atomic E-state index is -4.29. The Kier molecular flexibility index (Phi) is 46.9. The second-order valence-corrected chi connectivity index (χ2v) is 18.6. The van der Waals surface area contributed by atoms with Gasteiger partial charge >= 0.3 is 19.8 Å². The molecule has 0 aliphatic heterocycles. The fraction of sp³-hybridized carbons (Fsp3) is 0.811. The van der Waals surface area contributed by atoms with Gasteiger partial charge in [-0.1, -0.05) is 204 Å². The molecule has 362 valence electrons. The highest BCUT2D eigenvalue weighted by atomic mass is 31.2. The normalized spacial score (nSPS) is 13.5. The number of ether oxygens (including phenoxy) is 2. The van der Waals surface area contributed by atoms with Crippen LogP contribution in [0.25, 0.3) is 0 Å². The smallest absolute Gasteiger partial charge is 0.462 e. The quantitative estimate of drug-likeness (QED) is 0.0278. The Morgan fingerprint density at radius 2 is 0.774 bits per heavy atom. The van der Waals surface area contributed by atoms with E-state index in [0.717, 1.165) is 70.6 Å². The molecule has 0 saturated heterocycles. The van der Waals surface area contributed by atoms with Crippen LogP contribution < -0.4 is 0 Å². The van der Waals surface area contributed by atoms with Gasteiger partial charge in [0.25, 0.3) is 0 Å². The first-order valence-electron chi connectivity index (χ1n) is 25.9. The summed E-state index contributed by atoms with van der Waals surface area (Å²) >= 11 is 0. The molecule has 0 amide bonds. The molecule has 0 spiro atoms. The SMILES string of the molecule is CCCCC/C=C\C/C=C\C/C=C\CCCCCCCCC(=O)OC(COC(=O)CCCCCCCCCCCCC/C=C\CCCCCCCCCC)COP(=O)(O)OCC. The molecule has 0 radical (unpaired) electrons. The number of carbonyl (C=O) groups excluding carboxylic acids is 2. The zero-order chi connectivity index (χ0) is 45.3. The van der Waals surface area contributed by atoms with E-state index in [0.29, 0.717) is 12.8 Å². The summed E-state index contributed by atoms with van der Waals surface area (Å²) in [5.41, 5.74) is 0. The van der Waals surface area contributed by atoms with Crippen LogP contribution in [0.5, 0.6) is 0 Å². The van der Waals surface area contributed by atoms with E-state index >= 15 is 0 Å². The fourth-order valence-corrected chi connectivity index (χ4v) is 8.04. The Morgan fingerprint density at radius 3 is 1.21 bits per heavy atom. The summed E-state index contributed by atoms with van der Waals surface area (Å²) in [6.07, 6.45) is 58.9. The summed E-state index contributed by atoms with van der Waals surface area (Å²) in [7, 11) is -4.29. The van der Waals surface area contributed by atoms with Crippen molar-refractivity contribution >= 4 is 19.8 Å². The number of unbranched alkanes of at least 4 members (excludes halogenated alkanes) is 28. The summed E-state index contributed by atoms with van der Waals surface area (Å²) in [6, 6.07) is 0. The lowest BCUT2D eigenvalue weighted by Gasteiger charge is -2.19. The molecule has 0 saturated carbocycles. The van der Waals surface area contributed by atoms with Crippen LogP contribution in [-0.2, 0) is 32.7 Å². The largest absolute Gasteiger partial charge is 0.472 e. The summed E-state index contributed by atoms with van der Waals surface area (Å²) in [5, 5.41) is 0. The van der Waals surface area contributed by atoms with Crippen molar-refractivity contribution in [3.8, 4) is 0 Å². The van der Waals surface area contributed by atoms with Crippen LogP contribution >= 0.6 is 7.82 Å². The van der Waals surface area contributed by atoms with Crippen LogP contribution in [0.4, 0.5) is 0 Å². The Hall–Kier alpha value is -1.99. The molecule has 0 aliphatic rings. The number of allylic oxidation sites excluding steroid dienone is 8. The predicted molar refractivity (Wildman–Crippen MR) is 262 cm³/mol. The number of esters is 2. The van der Waals surface area contributed by atoms with E-state index in [1.807, 2.05) is 0 Å². The lowest BCUT2D eigenvalue weighted by atomic mass is 10.0. The maximum absolute atomic E-state index is 12.6. The van der Waals surface area contributed by atoms with E-state index < -0.39 is 26.5 Å². The third kappa shape index (κ3) is 47.5. The maximum Gasteiger partial charge on any atom is 0.472 e. The lowest BCUT2D eigenvalue weighted by molar-refractivity contribution is -0.161. The average Bonchev–Trinajstić information content (AvgIpc) is 3.25. The molecule has 0 aromatic heterocycles.